The molecule has 0 aliphatic carbocycles. The van der Waals surface area contributed by atoms with Crippen LogP contribution in [0.4, 0.5) is 0 Å². The van der Waals surface area contributed by atoms with Gasteiger partial charge in [-0.2, -0.15) is 8.42 Å². The van der Waals surface area contributed by atoms with Gasteiger partial charge in [0.25, 0.3) is 0 Å². The van der Waals surface area contributed by atoms with Gasteiger partial charge in [-0.1, -0.05) is 0 Å². The molecule has 5 atom stereocenters. The fraction of sp³-hybridized carbons (Fsp3) is 0.238. The highest BCUT2D eigenvalue weighted by molar-refractivity contribution is 7.81. The summed E-state index contributed by atoms with van der Waals surface area (Å²) in [5.74, 6) is -6.19. The van der Waals surface area contributed by atoms with E-state index in [1.165, 1.54) is 0 Å². The van der Waals surface area contributed by atoms with Crippen molar-refractivity contribution in [2.45, 2.75) is 30.7 Å². The Morgan fingerprint density at radius 3 is 2.26 bits per heavy atom. The third-order valence-corrected chi connectivity index (χ3v) is 5.77. The molecule has 2 heterocycles. The van der Waals surface area contributed by atoms with Gasteiger partial charge < -0.3 is 53.8 Å². The maximum atomic E-state index is 13.4. The zero-order valence-electron chi connectivity index (χ0n) is 18.5. The average Bonchev–Trinajstić information content (AvgIpc) is 2.80. The van der Waals surface area contributed by atoms with Crippen molar-refractivity contribution in [3.63, 3.8) is 0 Å². The van der Waals surface area contributed by atoms with Gasteiger partial charge in [-0.3, -0.25) is 9.35 Å². The molecule has 38 heavy (non-hydrogen) atoms. The molecule has 0 saturated carbocycles. The number of fused-ring (bicyclic) bond motifs is 1. The Labute approximate surface area is 210 Å². The van der Waals surface area contributed by atoms with Gasteiger partial charge in [0.05, 0.1) is 0 Å². The Morgan fingerprint density at radius 1 is 0.947 bits per heavy atom. The molecule has 1 aliphatic heterocycles. The summed E-state index contributed by atoms with van der Waals surface area (Å²) < 4.78 is 51.5. The Balaban J connectivity index is 1.93. The first-order valence-electron chi connectivity index (χ1n) is 10.3. The van der Waals surface area contributed by atoms with Gasteiger partial charge in [0.15, 0.2) is 23.4 Å². The molecule has 204 valence electrons. The number of aliphatic carboxylic acids is 1. The molecular weight excluding hydrogens is 540 g/mol. The quantitative estimate of drug-likeness (QED) is 0.169. The molecule has 1 fully saturated rings. The lowest BCUT2D eigenvalue weighted by Gasteiger charge is -2.38. The van der Waals surface area contributed by atoms with E-state index in [9.17, 15) is 53.8 Å². The summed E-state index contributed by atoms with van der Waals surface area (Å²) in [5.41, 5.74) is -1.88. The summed E-state index contributed by atoms with van der Waals surface area (Å²) in [4.78, 5) is 24.8. The molecule has 0 radical (unpaired) electrons. The van der Waals surface area contributed by atoms with E-state index in [0.29, 0.717) is 0 Å². The number of aliphatic hydroxyl groups excluding tert-OH is 3. The number of carboxylic acid groups (broad SMARTS) is 1. The molecule has 0 amide bonds. The molecule has 2 aromatic carbocycles. The van der Waals surface area contributed by atoms with Gasteiger partial charge in [-0.15, -0.1) is 0 Å². The summed E-state index contributed by atoms with van der Waals surface area (Å²) in [6, 6.07) is 4.42. The van der Waals surface area contributed by atoms with Crippen LogP contribution in [0, 0.1) is 0 Å². The molecule has 17 heteroatoms. The van der Waals surface area contributed by atoms with E-state index in [2.05, 4.69) is 4.18 Å². The minimum absolute atomic E-state index is 0.279. The van der Waals surface area contributed by atoms with Gasteiger partial charge in [0.1, 0.15) is 40.8 Å². The zero-order chi connectivity index (χ0) is 28.1. The number of carboxylic acids is 1. The number of rotatable bonds is 6. The number of hydrogen-bond acceptors (Lipinski definition) is 14. The van der Waals surface area contributed by atoms with Gasteiger partial charge in [0.2, 0.25) is 17.5 Å². The molecule has 1 aliphatic rings. The number of aliphatic hydroxyl groups is 3. The Bertz CT molecular complexity index is 1580. The van der Waals surface area contributed by atoms with Crippen molar-refractivity contribution in [2.75, 3.05) is 0 Å². The second-order valence-corrected chi connectivity index (χ2v) is 9.00. The second-order valence-electron chi connectivity index (χ2n) is 7.97. The molecular formula is C21H18O16S. The van der Waals surface area contributed by atoms with Crippen LogP contribution in [0.3, 0.4) is 0 Å². The number of aromatic hydroxyl groups is 3. The van der Waals surface area contributed by atoms with E-state index in [-0.39, 0.29) is 5.56 Å². The fourth-order valence-electron chi connectivity index (χ4n) is 3.67. The number of phenols is 3. The maximum absolute atomic E-state index is 13.4. The Kier molecular flexibility index (Phi) is 6.82. The highest BCUT2D eigenvalue weighted by Crippen LogP contribution is 2.40. The van der Waals surface area contributed by atoms with E-state index in [1.807, 2.05) is 0 Å². The van der Waals surface area contributed by atoms with Crippen molar-refractivity contribution in [2.24, 2.45) is 0 Å². The normalized spacial score (nSPS) is 23.7. The van der Waals surface area contributed by atoms with Crippen LogP contribution in [0.25, 0.3) is 22.3 Å². The summed E-state index contributed by atoms with van der Waals surface area (Å²) in [7, 11) is -5.13. The molecule has 3 aromatic rings. The summed E-state index contributed by atoms with van der Waals surface area (Å²) in [5, 5.41) is 68.9. The van der Waals surface area contributed by atoms with E-state index in [1.54, 1.807) is 0 Å². The standard InChI is InChI=1S/C21H18O16S/c22-7-4-9(24)12-11(5-7)34-17(6-1-2-8(23)10(3-6)37-38(31,32)33)18(13(12)25)35-21-16(28)14(26)15(27)19(36-21)20(29)30/h1-5,14-16,19,21-24,26-28H,(H,29,30)(H,31,32,33)/t14-,15+,16-,19+,21-/m1/s1. The van der Waals surface area contributed by atoms with Crippen molar-refractivity contribution in [1.29, 1.82) is 0 Å². The fourth-order valence-corrected chi connectivity index (χ4v) is 4.03. The van der Waals surface area contributed by atoms with Crippen LogP contribution in [0.1, 0.15) is 0 Å². The summed E-state index contributed by atoms with van der Waals surface area (Å²) >= 11 is 0. The van der Waals surface area contributed by atoms with E-state index in [4.69, 9.17) is 18.4 Å². The largest absolute Gasteiger partial charge is 0.508 e. The smallest absolute Gasteiger partial charge is 0.446 e. The molecule has 8 N–H and O–H groups in total. The van der Waals surface area contributed by atoms with Crippen LogP contribution in [0.2, 0.25) is 0 Å². The lowest BCUT2D eigenvalue weighted by atomic mass is 9.99. The Morgan fingerprint density at radius 2 is 1.63 bits per heavy atom. The Hall–Kier alpha value is -4.13. The minimum Gasteiger partial charge on any atom is -0.508 e. The first-order chi connectivity index (χ1) is 17.7. The predicted molar refractivity (Wildman–Crippen MR) is 120 cm³/mol. The monoisotopic (exact) mass is 558 g/mol. The van der Waals surface area contributed by atoms with Gasteiger partial charge in [-0.05, 0) is 18.2 Å². The first kappa shape index (κ1) is 26.9. The summed E-state index contributed by atoms with van der Waals surface area (Å²) in [6.45, 7) is 0. The third kappa shape index (κ3) is 5.01. The molecule has 4 rings (SSSR count). The predicted octanol–water partition coefficient (Wildman–Crippen LogP) is -0.971. The van der Waals surface area contributed by atoms with Crippen molar-refractivity contribution in [1.82, 2.24) is 0 Å². The van der Waals surface area contributed by atoms with E-state index < -0.39 is 98.0 Å². The van der Waals surface area contributed by atoms with Gasteiger partial charge in [-0.25, -0.2) is 4.79 Å². The van der Waals surface area contributed by atoms with Gasteiger partial charge in [0, 0.05) is 17.7 Å². The molecule has 0 spiro atoms. The minimum atomic E-state index is -5.13. The molecule has 0 unspecified atom stereocenters. The SMILES string of the molecule is O=C(O)[C@H]1O[C@@H](Oc2c(-c3ccc(O)c(OS(=O)(=O)O)c3)oc3cc(O)cc(O)c3c2=O)[C@H](O)[C@H](O)[C@@H]1O. The first-order valence-corrected chi connectivity index (χ1v) is 11.7. The number of carbonyl (C=O) groups is 1. The summed E-state index contributed by atoms with van der Waals surface area (Å²) in [6.07, 6.45) is -10.5. The van der Waals surface area contributed by atoms with Crippen molar-refractivity contribution >= 4 is 27.3 Å². The van der Waals surface area contributed by atoms with Crippen molar-refractivity contribution < 1.29 is 71.6 Å². The maximum Gasteiger partial charge on any atom is 0.446 e. The highest BCUT2D eigenvalue weighted by atomic mass is 32.3. The molecule has 0 bridgehead atoms. The highest BCUT2D eigenvalue weighted by Gasteiger charge is 2.48. The van der Waals surface area contributed by atoms with Crippen LogP contribution < -0.4 is 14.3 Å². The zero-order valence-corrected chi connectivity index (χ0v) is 19.3. The van der Waals surface area contributed by atoms with Crippen LogP contribution in [-0.2, 0) is 19.9 Å². The van der Waals surface area contributed by atoms with Crippen LogP contribution >= 0.6 is 0 Å². The van der Waals surface area contributed by atoms with E-state index in [0.717, 1.165) is 30.3 Å². The number of benzene rings is 2. The van der Waals surface area contributed by atoms with Gasteiger partial charge >= 0.3 is 16.4 Å². The molecule has 1 aromatic heterocycles. The number of phenolic OH excluding ortho intramolecular Hbond substituents is 3. The third-order valence-electron chi connectivity index (χ3n) is 5.38. The number of ether oxygens (including phenoxy) is 2. The van der Waals surface area contributed by atoms with Crippen LogP contribution in [0.5, 0.6) is 28.7 Å². The van der Waals surface area contributed by atoms with Crippen molar-refractivity contribution in [3.8, 4) is 40.1 Å². The van der Waals surface area contributed by atoms with Crippen LogP contribution in [0.15, 0.2) is 39.5 Å². The lowest BCUT2D eigenvalue weighted by Crippen LogP contribution is -2.61. The van der Waals surface area contributed by atoms with E-state index >= 15 is 0 Å². The van der Waals surface area contributed by atoms with Crippen LogP contribution in [-0.4, -0.2) is 85.4 Å². The topological polar surface area (TPSA) is 271 Å². The lowest BCUT2D eigenvalue weighted by molar-refractivity contribution is -0.271. The number of hydrogen-bond donors (Lipinski definition) is 8. The molecule has 1 saturated heterocycles. The van der Waals surface area contributed by atoms with Crippen molar-refractivity contribution in [3.05, 3.63) is 40.6 Å². The molecule has 16 nitrogen and oxygen atoms in total. The second kappa shape index (κ2) is 9.63. The average molecular weight is 558 g/mol.